The molecule has 0 saturated carbocycles. The normalized spacial score (nSPS) is 21.9. The van der Waals surface area contributed by atoms with Crippen molar-refractivity contribution in [1.82, 2.24) is 5.32 Å². The van der Waals surface area contributed by atoms with Crippen LogP contribution in [-0.4, -0.2) is 36.0 Å². The van der Waals surface area contributed by atoms with Crippen LogP contribution in [0, 0.1) is 5.41 Å². The molecule has 0 atom stereocenters. The van der Waals surface area contributed by atoms with Crippen molar-refractivity contribution in [2.24, 2.45) is 5.41 Å². The molecule has 84 valence electrons. The van der Waals surface area contributed by atoms with Crippen LogP contribution >= 0.6 is 0 Å². The molecule has 1 aliphatic heterocycles. The Hall–Kier alpha value is -0.120. The molecule has 0 aromatic carbocycles. The van der Waals surface area contributed by atoms with Crippen molar-refractivity contribution in [1.29, 1.82) is 0 Å². The number of nitrogens with one attached hydrogen (secondary N) is 1. The summed E-state index contributed by atoms with van der Waals surface area (Å²) in [6, 6.07) is 0. The lowest BCUT2D eigenvalue weighted by molar-refractivity contribution is -0.107. The van der Waals surface area contributed by atoms with Crippen molar-refractivity contribution in [3.8, 4) is 0 Å². The minimum absolute atomic E-state index is 0.253. The smallest absolute Gasteiger partial charge is 0.0767 e. The van der Waals surface area contributed by atoms with Gasteiger partial charge in [-0.1, -0.05) is 6.92 Å². The third kappa shape index (κ3) is 2.47. The van der Waals surface area contributed by atoms with Crippen LogP contribution in [0.3, 0.4) is 0 Å². The number of ether oxygens (including phenoxy) is 1. The molecular weight excluding hydrogens is 178 g/mol. The summed E-state index contributed by atoms with van der Waals surface area (Å²) in [5.74, 6) is 0. The summed E-state index contributed by atoms with van der Waals surface area (Å²) >= 11 is 0. The molecular formula is C11H23NO2. The third-order valence-electron chi connectivity index (χ3n) is 3.39. The molecule has 1 fully saturated rings. The molecule has 0 aromatic heterocycles. The van der Waals surface area contributed by atoms with Gasteiger partial charge in [0.15, 0.2) is 0 Å². The van der Waals surface area contributed by atoms with Gasteiger partial charge in [0.25, 0.3) is 0 Å². The molecule has 0 bridgehead atoms. The average Bonchev–Trinajstić information content (AvgIpc) is 1.95. The van der Waals surface area contributed by atoms with E-state index in [2.05, 4.69) is 12.2 Å². The molecule has 3 nitrogen and oxygen atoms in total. The van der Waals surface area contributed by atoms with E-state index in [1.165, 1.54) is 0 Å². The van der Waals surface area contributed by atoms with Gasteiger partial charge >= 0.3 is 0 Å². The Labute approximate surface area is 86.8 Å². The molecule has 14 heavy (non-hydrogen) atoms. The Balaban J connectivity index is 2.44. The van der Waals surface area contributed by atoms with Crippen LogP contribution in [0.5, 0.6) is 0 Å². The second-order valence-electron chi connectivity index (χ2n) is 5.84. The average molecular weight is 201 g/mol. The maximum Gasteiger partial charge on any atom is 0.0767 e. The van der Waals surface area contributed by atoms with E-state index in [9.17, 15) is 5.11 Å². The van der Waals surface area contributed by atoms with Gasteiger partial charge in [0.05, 0.1) is 18.8 Å². The summed E-state index contributed by atoms with van der Waals surface area (Å²) in [5, 5.41) is 13.4. The molecule has 2 N–H and O–H groups in total. The summed E-state index contributed by atoms with van der Waals surface area (Å²) in [7, 11) is 0. The fraction of sp³-hybridized carbons (Fsp3) is 1.00. The van der Waals surface area contributed by atoms with Crippen molar-refractivity contribution < 1.29 is 9.84 Å². The summed E-state index contributed by atoms with van der Waals surface area (Å²) < 4.78 is 5.19. The highest BCUT2D eigenvalue weighted by Gasteiger charge is 2.39. The molecule has 3 heteroatoms. The van der Waals surface area contributed by atoms with E-state index in [1.54, 1.807) is 0 Å². The monoisotopic (exact) mass is 201 g/mol. The van der Waals surface area contributed by atoms with E-state index in [-0.39, 0.29) is 11.0 Å². The largest absolute Gasteiger partial charge is 0.389 e. The minimum atomic E-state index is -0.714. The first-order valence-electron chi connectivity index (χ1n) is 5.22. The highest BCUT2D eigenvalue weighted by atomic mass is 16.5. The van der Waals surface area contributed by atoms with Gasteiger partial charge in [0.2, 0.25) is 0 Å². The van der Waals surface area contributed by atoms with E-state index in [0.29, 0.717) is 0 Å². The van der Waals surface area contributed by atoms with Crippen LogP contribution in [0.2, 0.25) is 0 Å². The summed E-state index contributed by atoms with van der Waals surface area (Å²) in [4.78, 5) is 0. The van der Waals surface area contributed by atoms with Crippen molar-refractivity contribution >= 4 is 0 Å². The number of rotatable bonds is 4. The van der Waals surface area contributed by atoms with Gasteiger partial charge in [0.1, 0.15) is 0 Å². The Kier molecular flexibility index (Phi) is 2.96. The van der Waals surface area contributed by atoms with E-state index < -0.39 is 5.60 Å². The van der Waals surface area contributed by atoms with E-state index in [0.717, 1.165) is 19.8 Å². The standard InChI is InChI=1S/C11H23NO2/c1-9(2,10(3,4)13)12-6-11(5)7-14-8-11/h12-13H,6-8H2,1-5H3. The molecule has 1 rings (SSSR count). The molecule has 0 aromatic rings. The first kappa shape index (κ1) is 12.0. The zero-order valence-corrected chi connectivity index (χ0v) is 9.98. The molecule has 0 unspecified atom stereocenters. The van der Waals surface area contributed by atoms with Crippen LogP contribution in [0.15, 0.2) is 0 Å². The van der Waals surface area contributed by atoms with Gasteiger partial charge in [-0.25, -0.2) is 0 Å². The maximum atomic E-state index is 9.94. The lowest BCUT2D eigenvalue weighted by Crippen LogP contribution is -2.60. The van der Waals surface area contributed by atoms with E-state index >= 15 is 0 Å². The predicted molar refractivity (Wildman–Crippen MR) is 57.3 cm³/mol. The molecule has 1 aliphatic rings. The van der Waals surface area contributed by atoms with Gasteiger partial charge in [-0.2, -0.15) is 0 Å². The third-order valence-corrected chi connectivity index (χ3v) is 3.39. The second-order valence-corrected chi connectivity index (χ2v) is 5.84. The van der Waals surface area contributed by atoms with Gasteiger partial charge in [-0.15, -0.1) is 0 Å². The van der Waals surface area contributed by atoms with Crippen LogP contribution in [0.25, 0.3) is 0 Å². The van der Waals surface area contributed by atoms with Gasteiger partial charge < -0.3 is 15.2 Å². The Bertz CT molecular complexity index is 202. The summed E-state index contributed by atoms with van der Waals surface area (Å²) in [6.45, 7) is 12.4. The fourth-order valence-corrected chi connectivity index (χ4v) is 1.20. The second kappa shape index (κ2) is 3.47. The maximum absolute atomic E-state index is 9.94. The SMILES string of the molecule is CC1(CNC(C)(C)C(C)(C)O)COC1. The van der Waals surface area contributed by atoms with Crippen LogP contribution in [-0.2, 0) is 4.74 Å². The van der Waals surface area contributed by atoms with E-state index in [1.807, 2.05) is 27.7 Å². The van der Waals surface area contributed by atoms with Gasteiger partial charge in [0, 0.05) is 17.5 Å². The molecule has 0 spiro atoms. The summed E-state index contributed by atoms with van der Waals surface area (Å²) in [6.07, 6.45) is 0. The zero-order chi connectivity index (χ0) is 11.0. The minimum Gasteiger partial charge on any atom is -0.389 e. The zero-order valence-electron chi connectivity index (χ0n) is 9.98. The van der Waals surface area contributed by atoms with Gasteiger partial charge in [-0.05, 0) is 27.7 Å². The molecule has 0 radical (unpaired) electrons. The van der Waals surface area contributed by atoms with Crippen molar-refractivity contribution in [3.63, 3.8) is 0 Å². The first-order valence-corrected chi connectivity index (χ1v) is 5.22. The lowest BCUT2D eigenvalue weighted by Gasteiger charge is -2.44. The summed E-state index contributed by atoms with van der Waals surface area (Å²) in [5.41, 5.74) is -0.734. The number of hydrogen-bond donors (Lipinski definition) is 2. The highest BCUT2D eigenvalue weighted by molar-refractivity contribution is 4.96. The highest BCUT2D eigenvalue weighted by Crippen LogP contribution is 2.28. The Morgan fingerprint density at radius 3 is 2.07 bits per heavy atom. The number of hydrogen-bond acceptors (Lipinski definition) is 3. The fourth-order valence-electron chi connectivity index (χ4n) is 1.20. The predicted octanol–water partition coefficient (Wildman–Crippen LogP) is 1.16. The molecule has 0 aliphatic carbocycles. The van der Waals surface area contributed by atoms with Crippen molar-refractivity contribution in [2.45, 2.75) is 45.8 Å². The first-order chi connectivity index (χ1) is 6.16. The molecule has 1 heterocycles. The Morgan fingerprint density at radius 1 is 1.29 bits per heavy atom. The lowest BCUT2D eigenvalue weighted by atomic mass is 9.82. The van der Waals surface area contributed by atoms with Crippen LogP contribution in [0.4, 0.5) is 0 Å². The molecule has 1 saturated heterocycles. The Morgan fingerprint density at radius 2 is 1.79 bits per heavy atom. The number of aliphatic hydroxyl groups is 1. The van der Waals surface area contributed by atoms with Crippen molar-refractivity contribution in [2.75, 3.05) is 19.8 Å². The van der Waals surface area contributed by atoms with Crippen LogP contribution < -0.4 is 5.32 Å². The van der Waals surface area contributed by atoms with Crippen LogP contribution in [0.1, 0.15) is 34.6 Å². The van der Waals surface area contributed by atoms with Gasteiger partial charge in [-0.3, -0.25) is 0 Å². The van der Waals surface area contributed by atoms with E-state index in [4.69, 9.17) is 4.74 Å². The quantitative estimate of drug-likeness (QED) is 0.717. The van der Waals surface area contributed by atoms with Crippen molar-refractivity contribution in [3.05, 3.63) is 0 Å². The topological polar surface area (TPSA) is 41.5 Å². The molecule has 0 amide bonds.